The monoisotopic (exact) mass is 390 g/mol. The van der Waals surface area contributed by atoms with Gasteiger partial charge in [0.2, 0.25) is 0 Å². The molecule has 0 radical (unpaired) electrons. The van der Waals surface area contributed by atoms with Gasteiger partial charge in [0.25, 0.3) is 0 Å². The van der Waals surface area contributed by atoms with E-state index in [-0.39, 0.29) is 30.2 Å². The highest BCUT2D eigenvalue weighted by molar-refractivity contribution is 5.71. The summed E-state index contributed by atoms with van der Waals surface area (Å²) in [6.07, 6.45) is 1.33. The van der Waals surface area contributed by atoms with Gasteiger partial charge in [-0.3, -0.25) is 4.79 Å². The average molecular weight is 390 g/mol. The number of alkyl halides is 2. The van der Waals surface area contributed by atoms with Gasteiger partial charge in [0.1, 0.15) is 23.4 Å². The quantitative estimate of drug-likeness (QED) is 0.685. The average Bonchev–Trinajstić information content (AvgIpc) is 3.26. The Balaban J connectivity index is 1.50. The van der Waals surface area contributed by atoms with Gasteiger partial charge in [0.15, 0.2) is 0 Å². The molecule has 1 aliphatic carbocycles. The van der Waals surface area contributed by atoms with Crippen molar-refractivity contribution in [3.63, 3.8) is 0 Å². The Morgan fingerprint density at radius 1 is 1.25 bits per heavy atom. The van der Waals surface area contributed by atoms with Gasteiger partial charge in [0, 0.05) is 23.1 Å². The zero-order chi connectivity index (χ0) is 19.7. The van der Waals surface area contributed by atoms with Crippen LogP contribution < -0.4 is 14.2 Å². The second-order valence-electron chi connectivity index (χ2n) is 6.84. The molecule has 1 aliphatic heterocycles. The third kappa shape index (κ3) is 3.61. The summed E-state index contributed by atoms with van der Waals surface area (Å²) in [5.74, 6) is 1.24. The lowest BCUT2D eigenvalue weighted by Crippen LogP contribution is -2.09. The predicted molar refractivity (Wildman–Crippen MR) is 96.1 cm³/mol. The number of ether oxygens (including phenoxy) is 4. The van der Waals surface area contributed by atoms with E-state index in [0.29, 0.717) is 30.9 Å². The van der Waals surface area contributed by atoms with Crippen LogP contribution in [-0.2, 0) is 16.0 Å². The number of carbonyl (C=O) groups is 1. The molecule has 0 spiro atoms. The number of hydrogen-bond donors (Lipinski definition) is 0. The maximum absolute atomic E-state index is 12.6. The normalized spacial score (nSPS) is 19.7. The third-order valence-corrected chi connectivity index (χ3v) is 5.17. The number of halogens is 2. The number of benzene rings is 2. The molecule has 4 rings (SSSR count). The summed E-state index contributed by atoms with van der Waals surface area (Å²) in [7, 11) is 1.37. The first-order valence-corrected chi connectivity index (χ1v) is 9.12. The predicted octanol–water partition coefficient (Wildman–Crippen LogP) is 4.39. The molecule has 0 saturated carbocycles. The van der Waals surface area contributed by atoms with Crippen molar-refractivity contribution in [1.82, 2.24) is 0 Å². The molecule has 5 nitrogen and oxygen atoms in total. The molecule has 1 heterocycles. The van der Waals surface area contributed by atoms with E-state index in [1.54, 1.807) is 12.1 Å². The maximum Gasteiger partial charge on any atom is 0.387 e. The van der Waals surface area contributed by atoms with Crippen molar-refractivity contribution < 1.29 is 32.5 Å². The van der Waals surface area contributed by atoms with E-state index < -0.39 is 6.61 Å². The van der Waals surface area contributed by atoms with Gasteiger partial charge in [-0.2, -0.15) is 8.78 Å². The molecule has 0 bridgehead atoms. The van der Waals surface area contributed by atoms with Crippen LogP contribution in [0.5, 0.6) is 17.2 Å². The van der Waals surface area contributed by atoms with Gasteiger partial charge in [-0.05, 0) is 30.5 Å². The highest BCUT2D eigenvalue weighted by atomic mass is 19.3. The second-order valence-corrected chi connectivity index (χ2v) is 6.84. The van der Waals surface area contributed by atoms with Gasteiger partial charge in [-0.25, -0.2) is 0 Å². The molecule has 0 fully saturated rings. The third-order valence-electron chi connectivity index (χ3n) is 5.17. The second kappa shape index (κ2) is 7.66. The van der Waals surface area contributed by atoms with Crippen molar-refractivity contribution in [3.8, 4) is 17.2 Å². The van der Waals surface area contributed by atoms with Crippen molar-refractivity contribution in [2.75, 3.05) is 13.7 Å². The van der Waals surface area contributed by atoms with E-state index in [4.69, 9.17) is 14.2 Å². The molecule has 0 aromatic heterocycles. The lowest BCUT2D eigenvalue weighted by atomic mass is 9.98. The van der Waals surface area contributed by atoms with Gasteiger partial charge >= 0.3 is 12.6 Å². The fourth-order valence-corrected chi connectivity index (χ4v) is 3.86. The van der Waals surface area contributed by atoms with Gasteiger partial charge < -0.3 is 18.9 Å². The lowest BCUT2D eigenvalue weighted by Gasteiger charge is -2.16. The summed E-state index contributed by atoms with van der Waals surface area (Å²) in [6.45, 7) is -2.42. The van der Waals surface area contributed by atoms with Crippen LogP contribution >= 0.6 is 0 Å². The van der Waals surface area contributed by atoms with Crippen molar-refractivity contribution >= 4 is 5.97 Å². The minimum absolute atomic E-state index is 0.0299. The topological polar surface area (TPSA) is 54.0 Å². The van der Waals surface area contributed by atoms with E-state index in [0.717, 1.165) is 16.7 Å². The number of hydrogen-bond acceptors (Lipinski definition) is 5. The molecule has 28 heavy (non-hydrogen) atoms. The Morgan fingerprint density at radius 3 is 2.89 bits per heavy atom. The fraction of sp³-hybridized carbons (Fsp3) is 0.381. The number of methoxy groups -OCH3 is 1. The Kier molecular flexibility index (Phi) is 5.07. The molecule has 2 aliphatic rings. The summed E-state index contributed by atoms with van der Waals surface area (Å²) in [6, 6.07) is 10.7. The number of esters is 1. The van der Waals surface area contributed by atoms with Crippen LogP contribution in [0.1, 0.15) is 41.6 Å². The Labute approximate surface area is 161 Å². The standard InChI is InChI=1S/C21H20F2O5/c1-25-20(24)9-12-11-26-19-10-13(5-6-14(12)19)27-18-8-7-16-15(18)3-2-4-17(16)28-21(22)23/h2-6,10,12,18,21H,7-9,11H2,1H3/t12?,18-/m1/s1. The molecular weight excluding hydrogens is 370 g/mol. The lowest BCUT2D eigenvalue weighted by molar-refractivity contribution is -0.141. The van der Waals surface area contributed by atoms with Crippen molar-refractivity contribution in [2.24, 2.45) is 0 Å². The van der Waals surface area contributed by atoms with E-state index in [1.165, 1.54) is 7.11 Å². The molecule has 2 aromatic carbocycles. The van der Waals surface area contributed by atoms with Gasteiger partial charge in [-0.15, -0.1) is 0 Å². The van der Waals surface area contributed by atoms with Crippen LogP contribution in [0.25, 0.3) is 0 Å². The van der Waals surface area contributed by atoms with Gasteiger partial charge in [0.05, 0.1) is 20.1 Å². The zero-order valence-corrected chi connectivity index (χ0v) is 15.3. The number of carbonyl (C=O) groups excluding carboxylic acids is 1. The van der Waals surface area contributed by atoms with Crippen LogP contribution in [0.4, 0.5) is 8.78 Å². The maximum atomic E-state index is 12.6. The number of rotatable bonds is 6. The minimum atomic E-state index is -2.85. The van der Waals surface area contributed by atoms with Crippen molar-refractivity contribution in [2.45, 2.75) is 37.9 Å². The van der Waals surface area contributed by atoms with Crippen molar-refractivity contribution in [3.05, 3.63) is 53.1 Å². The Bertz CT molecular complexity index is 883. The summed E-state index contributed by atoms with van der Waals surface area (Å²) < 4.78 is 46.4. The van der Waals surface area contributed by atoms with Crippen molar-refractivity contribution in [1.29, 1.82) is 0 Å². The van der Waals surface area contributed by atoms with Crippen LogP contribution in [0.2, 0.25) is 0 Å². The molecule has 0 amide bonds. The van der Waals surface area contributed by atoms with E-state index in [2.05, 4.69) is 4.74 Å². The van der Waals surface area contributed by atoms with Crippen LogP contribution in [0.3, 0.4) is 0 Å². The van der Waals surface area contributed by atoms with Gasteiger partial charge in [-0.1, -0.05) is 18.2 Å². The fourth-order valence-electron chi connectivity index (χ4n) is 3.86. The number of fused-ring (bicyclic) bond motifs is 2. The molecule has 7 heteroatoms. The minimum Gasteiger partial charge on any atom is -0.492 e. The van der Waals surface area contributed by atoms with Crippen LogP contribution in [0, 0.1) is 0 Å². The van der Waals surface area contributed by atoms with E-state index >= 15 is 0 Å². The molecule has 2 atom stereocenters. The Morgan fingerprint density at radius 2 is 2.11 bits per heavy atom. The zero-order valence-electron chi connectivity index (χ0n) is 15.3. The first-order valence-electron chi connectivity index (χ1n) is 9.12. The first kappa shape index (κ1) is 18.5. The molecule has 2 aromatic rings. The van der Waals surface area contributed by atoms with Crippen LogP contribution in [0.15, 0.2) is 36.4 Å². The highest BCUT2D eigenvalue weighted by Crippen LogP contribution is 2.42. The summed E-state index contributed by atoms with van der Waals surface area (Å²) in [5.41, 5.74) is 2.59. The molecule has 148 valence electrons. The van der Waals surface area contributed by atoms with E-state index in [9.17, 15) is 13.6 Å². The molecule has 0 saturated heterocycles. The van der Waals surface area contributed by atoms with E-state index in [1.807, 2.05) is 24.3 Å². The molecule has 1 unspecified atom stereocenters. The summed E-state index contributed by atoms with van der Waals surface area (Å²) in [4.78, 5) is 11.5. The SMILES string of the molecule is COC(=O)CC1COc2cc(O[C@@H]3CCc4c(OC(F)F)cccc43)ccc21. The molecule has 0 N–H and O–H groups in total. The summed E-state index contributed by atoms with van der Waals surface area (Å²) in [5, 5.41) is 0. The summed E-state index contributed by atoms with van der Waals surface area (Å²) >= 11 is 0. The smallest absolute Gasteiger partial charge is 0.387 e. The largest absolute Gasteiger partial charge is 0.492 e. The van der Waals surface area contributed by atoms with Crippen LogP contribution in [-0.4, -0.2) is 26.3 Å². The Hall–Kier alpha value is -2.83. The highest BCUT2D eigenvalue weighted by Gasteiger charge is 2.30. The first-order chi connectivity index (χ1) is 13.5. The molecular formula is C21H20F2O5.